The van der Waals surface area contributed by atoms with Crippen LogP contribution >= 0.6 is 0 Å². The van der Waals surface area contributed by atoms with Crippen molar-refractivity contribution in [3.05, 3.63) is 47.5 Å². The number of β-lactam (4-membered cyclic amide) rings is 1. The first kappa shape index (κ1) is 16.1. The lowest BCUT2D eigenvalue weighted by Gasteiger charge is -2.31. The number of carbonyl (C=O) groups excluding carboxylic acids is 1. The van der Waals surface area contributed by atoms with E-state index in [0.717, 1.165) is 28.1 Å². The molecule has 0 spiro atoms. The number of nitrogens with one attached hydrogen (secondary N) is 1. The predicted molar refractivity (Wildman–Crippen MR) is 97.7 cm³/mol. The molecule has 1 saturated heterocycles. The number of carbonyl (C=O) groups is 1. The van der Waals surface area contributed by atoms with E-state index < -0.39 is 0 Å². The molecule has 0 saturated carbocycles. The number of fused-ring (bicyclic) bond motifs is 2. The van der Waals surface area contributed by atoms with Crippen molar-refractivity contribution in [2.24, 2.45) is 0 Å². The third kappa shape index (κ3) is 2.70. The molecule has 5 rings (SSSR count). The molecular weight excluding hydrogens is 349 g/mol. The normalized spacial score (nSPS) is 18.8. The molecule has 1 N–H and O–H groups in total. The van der Waals surface area contributed by atoms with Crippen LogP contribution in [0.1, 0.15) is 30.3 Å². The van der Waals surface area contributed by atoms with Crippen LogP contribution in [0.3, 0.4) is 0 Å². The zero-order chi connectivity index (χ0) is 18.5. The van der Waals surface area contributed by atoms with Gasteiger partial charge in [0.05, 0.1) is 12.1 Å². The van der Waals surface area contributed by atoms with Gasteiger partial charge in [0.2, 0.25) is 5.91 Å². The fourth-order valence-corrected chi connectivity index (χ4v) is 3.63. The lowest BCUT2D eigenvalue weighted by Crippen LogP contribution is -2.43. The number of ether oxygens (including phenoxy) is 2. The highest BCUT2D eigenvalue weighted by atomic mass is 19.1. The molecule has 3 aromatic rings. The Morgan fingerprint density at radius 3 is 3.00 bits per heavy atom. The highest BCUT2D eigenvalue weighted by Gasteiger charge is 2.28. The van der Waals surface area contributed by atoms with E-state index in [-0.39, 0.29) is 17.8 Å². The van der Waals surface area contributed by atoms with Gasteiger partial charge in [-0.1, -0.05) is 0 Å². The van der Waals surface area contributed by atoms with Gasteiger partial charge in [-0.05, 0) is 25.1 Å². The molecule has 7 heteroatoms. The number of imidazole rings is 1. The van der Waals surface area contributed by atoms with E-state index in [1.807, 2.05) is 19.1 Å². The molecule has 3 heterocycles. The minimum Gasteiger partial charge on any atom is -0.493 e. The standard InChI is InChI=1S/C20H18FN3O3/c1-11-22-15-9-13(24-6-4-19(24)25)10-18(20(15)23-11)27-16-5-7-26-17-8-12(21)2-3-14(16)17/h2-3,8-10,16H,4-7H2,1H3,(H,22,23). The van der Waals surface area contributed by atoms with Crippen molar-refractivity contribution < 1.29 is 18.7 Å². The minimum absolute atomic E-state index is 0.100. The van der Waals surface area contributed by atoms with Gasteiger partial charge in [0.25, 0.3) is 0 Å². The minimum atomic E-state index is -0.335. The van der Waals surface area contributed by atoms with Gasteiger partial charge < -0.3 is 19.4 Å². The zero-order valence-electron chi connectivity index (χ0n) is 14.8. The summed E-state index contributed by atoms with van der Waals surface area (Å²) in [5.74, 6) is 1.65. The van der Waals surface area contributed by atoms with Gasteiger partial charge in [0, 0.05) is 42.8 Å². The Morgan fingerprint density at radius 2 is 2.22 bits per heavy atom. The van der Waals surface area contributed by atoms with Crippen molar-refractivity contribution in [3.63, 3.8) is 0 Å². The van der Waals surface area contributed by atoms with E-state index in [1.165, 1.54) is 12.1 Å². The second-order valence-electron chi connectivity index (χ2n) is 6.88. The molecule has 27 heavy (non-hydrogen) atoms. The number of aromatic amines is 1. The molecule has 2 aromatic carbocycles. The van der Waals surface area contributed by atoms with Crippen molar-refractivity contribution in [2.75, 3.05) is 18.1 Å². The third-order valence-corrected chi connectivity index (χ3v) is 5.05. The van der Waals surface area contributed by atoms with Crippen LogP contribution in [0.25, 0.3) is 11.0 Å². The summed E-state index contributed by atoms with van der Waals surface area (Å²) in [6.07, 6.45) is 0.947. The van der Waals surface area contributed by atoms with Crippen LogP contribution in [0.15, 0.2) is 30.3 Å². The third-order valence-electron chi connectivity index (χ3n) is 5.05. The first-order valence-corrected chi connectivity index (χ1v) is 8.98. The monoisotopic (exact) mass is 367 g/mol. The van der Waals surface area contributed by atoms with Crippen molar-refractivity contribution >= 4 is 22.6 Å². The van der Waals surface area contributed by atoms with Gasteiger partial charge in [-0.25, -0.2) is 9.37 Å². The molecule has 6 nitrogen and oxygen atoms in total. The van der Waals surface area contributed by atoms with E-state index in [9.17, 15) is 9.18 Å². The topological polar surface area (TPSA) is 67.5 Å². The summed E-state index contributed by atoms with van der Waals surface area (Å²) < 4.78 is 25.4. The summed E-state index contributed by atoms with van der Waals surface area (Å²) >= 11 is 0. The van der Waals surface area contributed by atoms with E-state index in [4.69, 9.17) is 9.47 Å². The highest BCUT2D eigenvalue weighted by molar-refractivity contribution is 6.01. The van der Waals surface area contributed by atoms with Crippen molar-refractivity contribution in [1.29, 1.82) is 0 Å². The van der Waals surface area contributed by atoms with E-state index in [0.29, 0.717) is 37.5 Å². The maximum absolute atomic E-state index is 13.5. The Morgan fingerprint density at radius 1 is 1.33 bits per heavy atom. The van der Waals surface area contributed by atoms with Crippen LogP contribution in [0, 0.1) is 12.7 Å². The van der Waals surface area contributed by atoms with E-state index >= 15 is 0 Å². The van der Waals surface area contributed by atoms with Crippen LogP contribution in [-0.2, 0) is 4.79 Å². The number of aryl methyl sites for hydroxylation is 1. The number of aromatic nitrogens is 2. The molecule has 1 atom stereocenters. The second-order valence-corrected chi connectivity index (χ2v) is 6.88. The summed E-state index contributed by atoms with van der Waals surface area (Å²) in [6.45, 7) is 3.04. The molecule has 2 aliphatic heterocycles. The van der Waals surface area contributed by atoms with E-state index in [2.05, 4.69) is 9.97 Å². The van der Waals surface area contributed by atoms with Gasteiger partial charge in [-0.15, -0.1) is 0 Å². The molecule has 0 aliphatic carbocycles. The van der Waals surface area contributed by atoms with Crippen molar-refractivity contribution in [2.45, 2.75) is 25.9 Å². The maximum atomic E-state index is 13.5. The summed E-state index contributed by atoms with van der Waals surface area (Å²) in [4.78, 5) is 21.4. The Hall–Kier alpha value is -3.09. The van der Waals surface area contributed by atoms with Gasteiger partial charge in [-0.2, -0.15) is 0 Å². The highest BCUT2D eigenvalue weighted by Crippen LogP contribution is 2.39. The van der Waals surface area contributed by atoms with Crippen LogP contribution in [0.4, 0.5) is 10.1 Å². The largest absolute Gasteiger partial charge is 0.493 e. The van der Waals surface area contributed by atoms with Crippen LogP contribution < -0.4 is 14.4 Å². The SMILES string of the molecule is Cc1nc2c(OC3CCOc4cc(F)ccc43)cc(N3CCC3=O)cc2[nH]1. The average Bonchev–Trinajstić information content (AvgIpc) is 3.01. The first-order valence-electron chi connectivity index (χ1n) is 8.98. The zero-order valence-corrected chi connectivity index (χ0v) is 14.8. The predicted octanol–water partition coefficient (Wildman–Crippen LogP) is 3.65. The number of H-pyrrole nitrogens is 1. The quantitative estimate of drug-likeness (QED) is 0.718. The van der Waals surface area contributed by atoms with Gasteiger partial charge >= 0.3 is 0 Å². The molecular formula is C20H18FN3O3. The number of benzene rings is 2. The average molecular weight is 367 g/mol. The van der Waals surface area contributed by atoms with Crippen LogP contribution in [0.2, 0.25) is 0 Å². The summed E-state index contributed by atoms with van der Waals surface area (Å²) in [5.41, 5.74) is 3.16. The molecule has 2 aliphatic rings. The number of rotatable bonds is 3. The van der Waals surface area contributed by atoms with Gasteiger partial charge in [0.15, 0.2) is 0 Å². The van der Waals surface area contributed by atoms with Gasteiger partial charge in [0.1, 0.15) is 34.8 Å². The number of hydrogen-bond acceptors (Lipinski definition) is 4. The fraction of sp³-hybridized carbons (Fsp3) is 0.300. The molecule has 0 bridgehead atoms. The number of amides is 1. The maximum Gasteiger partial charge on any atom is 0.228 e. The Labute approximate surface area is 154 Å². The smallest absolute Gasteiger partial charge is 0.228 e. The van der Waals surface area contributed by atoms with E-state index in [1.54, 1.807) is 11.0 Å². The van der Waals surface area contributed by atoms with Gasteiger partial charge in [-0.3, -0.25) is 4.79 Å². The lowest BCUT2D eigenvalue weighted by atomic mass is 10.0. The molecule has 138 valence electrons. The van der Waals surface area contributed by atoms with Crippen LogP contribution in [0.5, 0.6) is 11.5 Å². The Bertz CT molecular complexity index is 1060. The number of anilines is 1. The van der Waals surface area contributed by atoms with Crippen LogP contribution in [-0.4, -0.2) is 29.0 Å². The number of nitrogens with zero attached hydrogens (tertiary/aromatic N) is 2. The Kier molecular flexibility index (Phi) is 3.56. The fourth-order valence-electron chi connectivity index (χ4n) is 3.63. The molecule has 1 amide bonds. The Balaban J connectivity index is 1.56. The van der Waals surface area contributed by atoms with Crippen molar-refractivity contribution in [3.8, 4) is 11.5 Å². The second kappa shape index (κ2) is 5.97. The summed E-state index contributed by atoms with van der Waals surface area (Å²) in [7, 11) is 0. The molecule has 0 radical (unpaired) electrons. The van der Waals surface area contributed by atoms with Crippen molar-refractivity contribution in [1.82, 2.24) is 9.97 Å². The summed E-state index contributed by atoms with van der Waals surface area (Å²) in [5, 5.41) is 0. The number of halogens is 1. The first-order chi connectivity index (χ1) is 13.1. The molecule has 1 unspecified atom stereocenters. The molecule has 1 aromatic heterocycles. The lowest BCUT2D eigenvalue weighted by molar-refractivity contribution is -0.122. The number of hydrogen-bond donors (Lipinski definition) is 1. The summed E-state index contributed by atoms with van der Waals surface area (Å²) in [6, 6.07) is 8.27. The molecule has 1 fully saturated rings.